The zero-order chi connectivity index (χ0) is 10.1. The van der Waals surface area contributed by atoms with Gasteiger partial charge >= 0.3 is 6.09 Å². The van der Waals surface area contributed by atoms with Crippen LogP contribution in [0, 0.1) is 5.92 Å². The van der Waals surface area contributed by atoms with Gasteiger partial charge in [-0.2, -0.15) is 0 Å². The van der Waals surface area contributed by atoms with Crippen LogP contribution in [-0.2, 0) is 9.53 Å². The summed E-state index contributed by atoms with van der Waals surface area (Å²) in [7, 11) is 0. The molecule has 2 rings (SSSR count). The van der Waals surface area contributed by atoms with Crippen LogP contribution < -0.4 is 0 Å². The SMILES string of the molecule is CC1CCC(=O)CC1N1CCOC1=O. The molecule has 0 aromatic heterocycles. The van der Waals surface area contributed by atoms with E-state index in [2.05, 4.69) is 6.92 Å². The van der Waals surface area contributed by atoms with Crippen molar-refractivity contribution in [3.05, 3.63) is 0 Å². The molecule has 1 saturated carbocycles. The number of hydrogen-bond donors (Lipinski definition) is 0. The van der Waals surface area contributed by atoms with Crippen LogP contribution in [0.1, 0.15) is 26.2 Å². The highest BCUT2D eigenvalue weighted by molar-refractivity contribution is 5.81. The van der Waals surface area contributed by atoms with Crippen LogP contribution in [0.4, 0.5) is 4.79 Å². The Balaban J connectivity index is 2.07. The number of nitrogens with zero attached hydrogens (tertiary/aromatic N) is 1. The molecule has 78 valence electrons. The number of rotatable bonds is 1. The fourth-order valence-corrected chi connectivity index (χ4v) is 2.24. The van der Waals surface area contributed by atoms with Crippen LogP contribution >= 0.6 is 0 Å². The molecule has 0 spiro atoms. The van der Waals surface area contributed by atoms with Crippen molar-refractivity contribution in [2.24, 2.45) is 5.92 Å². The number of ketones is 1. The van der Waals surface area contributed by atoms with E-state index in [1.165, 1.54) is 0 Å². The van der Waals surface area contributed by atoms with Crippen LogP contribution in [0.3, 0.4) is 0 Å². The topological polar surface area (TPSA) is 46.6 Å². The first-order valence-electron chi connectivity index (χ1n) is 5.13. The van der Waals surface area contributed by atoms with Crippen LogP contribution in [0.5, 0.6) is 0 Å². The molecular formula is C10H15NO3. The molecule has 0 bridgehead atoms. The van der Waals surface area contributed by atoms with E-state index in [-0.39, 0.29) is 17.9 Å². The minimum Gasteiger partial charge on any atom is -0.448 e. The van der Waals surface area contributed by atoms with E-state index in [1.807, 2.05) is 0 Å². The Hall–Kier alpha value is -1.06. The summed E-state index contributed by atoms with van der Waals surface area (Å²) >= 11 is 0. The van der Waals surface area contributed by atoms with Gasteiger partial charge in [-0.15, -0.1) is 0 Å². The van der Waals surface area contributed by atoms with Gasteiger partial charge in [-0.3, -0.25) is 4.79 Å². The highest BCUT2D eigenvalue weighted by Gasteiger charge is 2.36. The first-order valence-corrected chi connectivity index (χ1v) is 5.13. The van der Waals surface area contributed by atoms with Crippen molar-refractivity contribution in [3.63, 3.8) is 0 Å². The Morgan fingerprint density at radius 2 is 2.21 bits per heavy atom. The molecule has 1 amide bonds. The Morgan fingerprint density at radius 1 is 1.43 bits per heavy atom. The Morgan fingerprint density at radius 3 is 2.86 bits per heavy atom. The molecule has 0 aromatic carbocycles. The number of carbonyl (C=O) groups excluding carboxylic acids is 2. The summed E-state index contributed by atoms with van der Waals surface area (Å²) in [6, 6.07) is 0.0752. The molecule has 4 nitrogen and oxygen atoms in total. The molecule has 14 heavy (non-hydrogen) atoms. The van der Waals surface area contributed by atoms with Crippen molar-refractivity contribution in [3.8, 4) is 0 Å². The van der Waals surface area contributed by atoms with Crippen LogP contribution in [0.15, 0.2) is 0 Å². The third-order valence-corrected chi connectivity index (χ3v) is 3.16. The second-order valence-corrected chi connectivity index (χ2v) is 4.13. The standard InChI is InChI=1S/C10H15NO3/c1-7-2-3-8(12)6-9(7)11-4-5-14-10(11)13/h7,9H,2-6H2,1H3. The second kappa shape index (κ2) is 3.59. The van der Waals surface area contributed by atoms with E-state index >= 15 is 0 Å². The number of cyclic esters (lactones) is 1. The van der Waals surface area contributed by atoms with Crippen molar-refractivity contribution in [2.45, 2.75) is 32.2 Å². The zero-order valence-corrected chi connectivity index (χ0v) is 8.36. The molecule has 2 unspecified atom stereocenters. The molecule has 1 heterocycles. The zero-order valence-electron chi connectivity index (χ0n) is 8.36. The number of hydrogen-bond acceptors (Lipinski definition) is 3. The summed E-state index contributed by atoms with van der Waals surface area (Å²) in [4.78, 5) is 24.3. The van der Waals surface area contributed by atoms with Crippen molar-refractivity contribution in [1.82, 2.24) is 4.90 Å². The summed E-state index contributed by atoms with van der Waals surface area (Å²) in [6.45, 7) is 3.21. The van der Waals surface area contributed by atoms with E-state index in [0.717, 1.165) is 6.42 Å². The maximum absolute atomic E-state index is 11.3. The highest BCUT2D eigenvalue weighted by atomic mass is 16.6. The van der Waals surface area contributed by atoms with Gasteiger partial charge in [0.25, 0.3) is 0 Å². The molecule has 2 aliphatic rings. The summed E-state index contributed by atoms with van der Waals surface area (Å²) in [5.74, 6) is 0.686. The fourth-order valence-electron chi connectivity index (χ4n) is 2.24. The summed E-state index contributed by atoms with van der Waals surface area (Å²) in [5.41, 5.74) is 0. The van der Waals surface area contributed by atoms with Gasteiger partial charge in [-0.1, -0.05) is 6.92 Å². The molecule has 0 N–H and O–H groups in total. The Labute approximate surface area is 83.2 Å². The Kier molecular flexibility index (Phi) is 2.44. The van der Waals surface area contributed by atoms with Crippen LogP contribution in [-0.4, -0.2) is 36.0 Å². The monoisotopic (exact) mass is 197 g/mol. The van der Waals surface area contributed by atoms with Gasteiger partial charge in [0.2, 0.25) is 0 Å². The normalized spacial score (nSPS) is 33.4. The average molecular weight is 197 g/mol. The maximum Gasteiger partial charge on any atom is 0.410 e. The van der Waals surface area contributed by atoms with Crippen molar-refractivity contribution in [1.29, 1.82) is 0 Å². The van der Waals surface area contributed by atoms with Crippen molar-refractivity contribution in [2.75, 3.05) is 13.2 Å². The highest BCUT2D eigenvalue weighted by Crippen LogP contribution is 2.27. The predicted octanol–water partition coefficient (Wildman–Crippen LogP) is 1.20. The van der Waals surface area contributed by atoms with Crippen LogP contribution in [0.25, 0.3) is 0 Å². The molecule has 0 radical (unpaired) electrons. The summed E-state index contributed by atoms with van der Waals surface area (Å²) in [6.07, 6.45) is 1.82. The molecule has 1 aliphatic heterocycles. The van der Waals surface area contributed by atoms with Gasteiger partial charge in [0, 0.05) is 18.9 Å². The molecule has 1 aliphatic carbocycles. The summed E-state index contributed by atoms with van der Waals surface area (Å²) < 4.78 is 4.88. The number of carbonyl (C=O) groups is 2. The van der Waals surface area contributed by atoms with Crippen molar-refractivity contribution < 1.29 is 14.3 Å². The quantitative estimate of drug-likeness (QED) is 0.634. The van der Waals surface area contributed by atoms with E-state index in [9.17, 15) is 9.59 Å². The van der Waals surface area contributed by atoms with E-state index in [4.69, 9.17) is 4.74 Å². The van der Waals surface area contributed by atoms with E-state index in [0.29, 0.717) is 31.9 Å². The lowest BCUT2D eigenvalue weighted by Gasteiger charge is -2.33. The van der Waals surface area contributed by atoms with Gasteiger partial charge in [0.05, 0.1) is 6.54 Å². The third-order valence-electron chi connectivity index (χ3n) is 3.16. The Bertz CT molecular complexity index is 264. The van der Waals surface area contributed by atoms with E-state index < -0.39 is 0 Å². The van der Waals surface area contributed by atoms with Gasteiger partial charge in [-0.25, -0.2) is 4.79 Å². The number of ether oxygens (including phenoxy) is 1. The molecule has 0 aromatic rings. The lowest BCUT2D eigenvalue weighted by molar-refractivity contribution is -0.122. The van der Waals surface area contributed by atoms with Gasteiger partial charge < -0.3 is 9.64 Å². The lowest BCUT2D eigenvalue weighted by Crippen LogP contribution is -2.44. The van der Waals surface area contributed by atoms with Gasteiger partial charge in [0.1, 0.15) is 12.4 Å². The predicted molar refractivity (Wildman–Crippen MR) is 49.9 cm³/mol. The smallest absolute Gasteiger partial charge is 0.410 e. The van der Waals surface area contributed by atoms with Crippen molar-refractivity contribution >= 4 is 11.9 Å². The second-order valence-electron chi connectivity index (χ2n) is 4.13. The molecule has 4 heteroatoms. The maximum atomic E-state index is 11.3. The molecule has 1 saturated heterocycles. The largest absolute Gasteiger partial charge is 0.448 e. The molecular weight excluding hydrogens is 182 g/mol. The van der Waals surface area contributed by atoms with Gasteiger partial charge in [0.15, 0.2) is 0 Å². The summed E-state index contributed by atoms with van der Waals surface area (Å²) in [5, 5.41) is 0. The third kappa shape index (κ3) is 1.61. The minimum atomic E-state index is -0.253. The lowest BCUT2D eigenvalue weighted by atomic mass is 9.84. The minimum absolute atomic E-state index is 0.0752. The number of Topliss-reactive ketones (excluding diaryl/α,β-unsaturated/α-hetero) is 1. The number of amides is 1. The first-order chi connectivity index (χ1) is 6.68. The molecule has 2 atom stereocenters. The van der Waals surface area contributed by atoms with Gasteiger partial charge in [-0.05, 0) is 12.3 Å². The fraction of sp³-hybridized carbons (Fsp3) is 0.800. The van der Waals surface area contributed by atoms with Crippen LogP contribution in [0.2, 0.25) is 0 Å². The molecule has 2 fully saturated rings. The average Bonchev–Trinajstić information content (AvgIpc) is 2.56. The first kappa shape index (κ1) is 9.49. The van der Waals surface area contributed by atoms with E-state index in [1.54, 1.807) is 4.90 Å².